The fourth-order valence-corrected chi connectivity index (χ4v) is 1.10. The van der Waals surface area contributed by atoms with Crippen LogP contribution >= 0.6 is 0 Å². The van der Waals surface area contributed by atoms with Gasteiger partial charge in [0.2, 0.25) is 0 Å². The molecule has 0 amide bonds. The average molecular weight is 180 g/mol. The minimum absolute atomic E-state index is 0.568. The minimum Gasteiger partial charge on any atom is -0.382 e. The summed E-state index contributed by atoms with van der Waals surface area (Å²) < 4.78 is 0. The van der Waals surface area contributed by atoms with E-state index in [1.54, 1.807) is 0 Å². The number of hydrogen-bond donors (Lipinski definition) is 3. The van der Waals surface area contributed by atoms with Gasteiger partial charge in [0.25, 0.3) is 0 Å². The molecule has 13 heavy (non-hydrogen) atoms. The first kappa shape index (κ1) is 9.80. The molecule has 0 spiro atoms. The largest absolute Gasteiger partial charge is 0.382 e. The standard InChI is InChI=1S/C9H16N4/c1-7-8(9(10)13-12-7)5-3-4-6-11-2/h3,5,11H,4,6H2,1-2H3,(H3,10,12,13). The third-order valence-corrected chi connectivity index (χ3v) is 1.87. The van der Waals surface area contributed by atoms with Crippen molar-refractivity contribution in [3.63, 3.8) is 0 Å². The highest BCUT2D eigenvalue weighted by Crippen LogP contribution is 2.13. The van der Waals surface area contributed by atoms with E-state index < -0.39 is 0 Å². The normalized spacial score (nSPS) is 11.2. The maximum Gasteiger partial charge on any atom is 0.152 e. The predicted octanol–water partition coefficient (Wildman–Crippen LogP) is 0.923. The van der Waals surface area contributed by atoms with Crippen molar-refractivity contribution in [1.82, 2.24) is 15.5 Å². The van der Waals surface area contributed by atoms with E-state index in [1.165, 1.54) is 0 Å². The highest BCUT2D eigenvalue weighted by molar-refractivity contribution is 5.62. The lowest BCUT2D eigenvalue weighted by molar-refractivity contribution is 0.809. The first-order valence-electron chi connectivity index (χ1n) is 4.37. The van der Waals surface area contributed by atoms with Crippen molar-refractivity contribution in [1.29, 1.82) is 0 Å². The second-order valence-electron chi connectivity index (χ2n) is 2.94. The molecule has 0 aliphatic rings. The first-order chi connectivity index (χ1) is 6.25. The van der Waals surface area contributed by atoms with E-state index in [-0.39, 0.29) is 0 Å². The number of nitrogens with one attached hydrogen (secondary N) is 2. The lowest BCUT2D eigenvalue weighted by atomic mass is 10.2. The second-order valence-corrected chi connectivity index (χ2v) is 2.94. The lowest BCUT2D eigenvalue weighted by Crippen LogP contribution is -2.05. The van der Waals surface area contributed by atoms with Crippen molar-refractivity contribution in [3.05, 3.63) is 17.3 Å². The molecule has 72 valence electrons. The summed E-state index contributed by atoms with van der Waals surface area (Å²) in [7, 11) is 1.94. The van der Waals surface area contributed by atoms with Crippen molar-refractivity contribution in [2.45, 2.75) is 13.3 Å². The van der Waals surface area contributed by atoms with Gasteiger partial charge in [0.15, 0.2) is 5.82 Å². The molecule has 0 saturated carbocycles. The van der Waals surface area contributed by atoms with Crippen molar-refractivity contribution in [3.8, 4) is 0 Å². The Labute approximate surface area is 78.2 Å². The van der Waals surface area contributed by atoms with Crippen LogP contribution in [0.3, 0.4) is 0 Å². The summed E-state index contributed by atoms with van der Waals surface area (Å²) in [5.41, 5.74) is 7.66. The number of aromatic nitrogens is 2. The monoisotopic (exact) mass is 180 g/mol. The zero-order chi connectivity index (χ0) is 9.68. The van der Waals surface area contributed by atoms with E-state index >= 15 is 0 Å². The van der Waals surface area contributed by atoms with Gasteiger partial charge in [-0.05, 0) is 26.9 Å². The van der Waals surface area contributed by atoms with Crippen LogP contribution in [0, 0.1) is 6.92 Å². The van der Waals surface area contributed by atoms with E-state index in [0.717, 1.165) is 24.2 Å². The number of nitrogens with zero attached hydrogens (tertiary/aromatic N) is 1. The Bertz CT molecular complexity index is 268. The van der Waals surface area contributed by atoms with Gasteiger partial charge in [0.1, 0.15) is 0 Å². The third kappa shape index (κ3) is 2.59. The number of rotatable bonds is 4. The zero-order valence-corrected chi connectivity index (χ0v) is 8.09. The Balaban J connectivity index is 2.57. The van der Waals surface area contributed by atoms with Crippen LogP contribution < -0.4 is 11.1 Å². The van der Waals surface area contributed by atoms with Gasteiger partial charge < -0.3 is 11.1 Å². The molecule has 1 aromatic rings. The molecule has 1 rings (SSSR count). The average Bonchev–Trinajstić information content (AvgIpc) is 2.42. The van der Waals surface area contributed by atoms with Gasteiger partial charge >= 0.3 is 0 Å². The number of H-pyrrole nitrogens is 1. The topological polar surface area (TPSA) is 66.7 Å². The summed E-state index contributed by atoms with van der Waals surface area (Å²) in [6.45, 7) is 2.94. The SMILES string of the molecule is CNCCC=Cc1c(N)n[nH]c1C. The van der Waals surface area contributed by atoms with Gasteiger partial charge in [-0.1, -0.05) is 12.2 Å². The molecule has 0 fully saturated rings. The van der Waals surface area contributed by atoms with Gasteiger partial charge in [-0.3, -0.25) is 5.10 Å². The molecule has 0 bridgehead atoms. The molecule has 0 atom stereocenters. The van der Waals surface area contributed by atoms with Crippen molar-refractivity contribution < 1.29 is 0 Å². The van der Waals surface area contributed by atoms with Gasteiger partial charge in [-0.15, -0.1) is 0 Å². The van der Waals surface area contributed by atoms with Crippen LogP contribution in [0.25, 0.3) is 6.08 Å². The molecule has 0 unspecified atom stereocenters. The first-order valence-corrected chi connectivity index (χ1v) is 4.37. The molecular weight excluding hydrogens is 164 g/mol. The molecule has 0 aliphatic heterocycles. The van der Waals surface area contributed by atoms with Gasteiger partial charge in [-0.25, -0.2) is 0 Å². The molecule has 0 aliphatic carbocycles. The summed E-state index contributed by atoms with van der Waals surface area (Å²) in [5.74, 6) is 0.568. The van der Waals surface area contributed by atoms with Crippen LogP contribution in [0.2, 0.25) is 0 Å². The van der Waals surface area contributed by atoms with E-state index in [1.807, 2.05) is 20.0 Å². The fourth-order valence-electron chi connectivity index (χ4n) is 1.10. The maximum atomic E-state index is 5.65. The Kier molecular flexibility index (Phi) is 3.52. The molecule has 0 saturated heterocycles. The Morgan fingerprint density at radius 3 is 2.92 bits per heavy atom. The summed E-state index contributed by atoms with van der Waals surface area (Å²) >= 11 is 0. The van der Waals surface area contributed by atoms with Crippen LogP contribution in [0.1, 0.15) is 17.7 Å². The summed E-state index contributed by atoms with van der Waals surface area (Å²) in [4.78, 5) is 0. The Morgan fingerprint density at radius 1 is 1.62 bits per heavy atom. The Morgan fingerprint density at radius 2 is 2.38 bits per heavy atom. The van der Waals surface area contributed by atoms with E-state index in [4.69, 9.17) is 5.73 Å². The van der Waals surface area contributed by atoms with Crippen LogP contribution in [-0.4, -0.2) is 23.8 Å². The van der Waals surface area contributed by atoms with Crippen molar-refractivity contribution in [2.24, 2.45) is 0 Å². The molecule has 1 aromatic heterocycles. The van der Waals surface area contributed by atoms with E-state index in [9.17, 15) is 0 Å². The fraction of sp³-hybridized carbons (Fsp3) is 0.444. The van der Waals surface area contributed by atoms with Crippen molar-refractivity contribution in [2.75, 3.05) is 19.3 Å². The van der Waals surface area contributed by atoms with Crippen LogP contribution in [0.4, 0.5) is 5.82 Å². The second kappa shape index (κ2) is 4.67. The van der Waals surface area contributed by atoms with E-state index in [2.05, 4.69) is 21.6 Å². The Hall–Kier alpha value is -1.29. The van der Waals surface area contributed by atoms with Crippen LogP contribution in [-0.2, 0) is 0 Å². The van der Waals surface area contributed by atoms with Crippen LogP contribution in [0.15, 0.2) is 6.08 Å². The lowest BCUT2D eigenvalue weighted by Gasteiger charge is -1.93. The smallest absolute Gasteiger partial charge is 0.152 e. The van der Waals surface area contributed by atoms with Crippen LogP contribution in [0.5, 0.6) is 0 Å². The number of nitrogens with two attached hydrogens (primary N) is 1. The molecule has 0 radical (unpaired) electrons. The molecule has 0 aromatic carbocycles. The molecule has 4 N–H and O–H groups in total. The highest BCUT2D eigenvalue weighted by Gasteiger charge is 2.01. The molecule has 1 heterocycles. The summed E-state index contributed by atoms with van der Waals surface area (Å²) in [5, 5.41) is 9.81. The minimum atomic E-state index is 0.568. The molecule has 4 nitrogen and oxygen atoms in total. The zero-order valence-electron chi connectivity index (χ0n) is 8.09. The third-order valence-electron chi connectivity index (χ3n) is 1.87. The van der Waals surface area contributed by atoms with Gasteiger partial charge in [0, 0.05) is 11.3 Å². The van der Waals surface area contributed by atoms with Gasteiger partial charge in [-0.2, -0.15) is 5.10 Å². The maximum absolute atomic E-state index is 5.65. The quantitative estimate of drug-likeness (QED) is 0.604. The van der Waals surface area contributed by atoms with Gasteiger partial charge in [0.05, 0.1) is 0 Å². The summed E-state index contributed by atoms with van der Waals surface area (Å²) in [6, 6.07) is 0. The summed E-state index contributed by atoms with van der Waals surface area (Å²) in [6.07, 6.45) is 5.09. The number of hydrogen-bond acceptors (Lipinski definition) is 3. The number of aromatic amines is 1. The van der Waals surface area contributed by atoms with Crippen molar-refractivity contribution >= 4 is 11.9 Å². The van der Waals surface area contributed by atoms with E-state index in [0.29, 0.717) is 5.82 Å². The predicted molar refractivity (Wildman–Crippen MR) is 55.3 cm³/mol. The number of aryl methyl sites for hydroxylation is 1. The number of anilines is 1. The highest BCUT2D eigenvalue weighted by atomic mass is 15.2. The number of nitrogen functional groups attached to an aromatic ring is 1. The molecular formula is C9H16N4. The molecule has 4 heteroatoms.